The van der Waals surface area contributed by atoms with Crippen molar-refractivity contribution in [2.75, 3.05) is 18.1 Å². The van der Waals surface area contributed by atoms with E-state index in [0.29, 0.717) is 47.1 Å². The van der Waals surface area contributed by atoms with Crippen LogP contribution in [-0.4, -0.2) is 35.1 Å². The van der Waals surface area contributed by atoms with Crippen molar-refractivity contribution in [1.29, 1.82) is 5.26 Å². The molecular weight excluding hydrogens is 436 g/mol. The summed E-state index contributed by atoms with van der Waals surface area (Å²) in [5, 5.41) is 30.1. The number of anilines is 1. The maximum absolute atomic E-state index is 13.2. The molecule has 34 heavy (non-hydrogen) atoms. The van der Waals surface area contributed by atoms with E-state index in [1.807, 2.05) is 6.07 Å². The van der Waals surface area contributed by atoms with Gasteiger partial charge in [0.05, 0.1) is 23.2 Å². The second-order valence-electron chi connectivity index (χ2n) is 7.78. The fourth-order valence-electron chi connectivity index (χ4n) is 4.11. The minimum atomic E-state index is -0.957. The predicted octanol–water partition coefficient (Wildman–Crippen LogP) is 3.66. The van der Waals surface area contributed by atoms with Crippen LogP contribution < -0.4 is 14.4 Å². The summed E-state index contributed by atoms with van der Waals surface area (Å²) in [5.41, 5.74) is 1.50. The van der Waals surface area contributed by atoms with Gasteiger partial charge in [-0.3, -0.25) is 14.5 Å². The van der Waals surface area contributed by atoms with E-state index in [0.717, 1.165) is 0 Å². The Hall–Kier alpha value is -4.77. The minimum Gasteiger partial charge on any atom is -0.508 e. The summed E-state index contributed by atoms with van der Waals surface area (Å²) in [6, 6.07) is 18.1. The Balaban J connectivity index is 1.68. The number of aliphatic hydroxyl groups is 1. The molecular formula is C26H18N2O6. The highest BCUT2D eigenvalue weighted by atomic mass is 16.6. The summed E-state index contributed by atoms with van der Waals surface area (Å²) in [7, 11) is 0. The van der Waals surface area contributed by atoms with E-state index in [-0.39, 0.29) is 17.1 Å². The molecule has 5 rings (SSSR count). The number of rotatable bonds is 3. The van der Waals surface area contributed by atoms with Crippen molar-refractivity contribution in [3.63, 3.8) is 0 Å². The molecule has 0 saturated carbocycles. The first-order valence-corrected chi connectivity index (χ1v) is 10.5. The number of benzene rings is 3. The average Bonchev–Trinajstić information content (AvgIpc) is 3.14. The topological polar surface area (TPSA) is 120 Å². The number of fused-ring (bicyclic) bond motifs is 1. The number of nitriles is 1. The van der Waals surface area contributed by atoms with Crippen LogP contribution in [0.4, 0.5) is 5.69 Å². The van der Waals surface area contributed by atoms with Gasteiger partial charge in [0.25, 0.3) is 11.7 Å². The molecule has 3 aromatic rings. The molecule has 1 atom stereocenters. The van der Waals surface area contributed by atoms with Gasteiger partial charge in [-0.05, 0) is 60.2 Å². The predicted molar refractivity (Wildman–Crippen MR) is 121 cm³/mol. The van der Waals surface area contributed by atoms with Gasteiger partial charge in [0.2, 0.25) is 0 Å². The van der Waals surface area contributed by atoms with E-state index < -0.39 is 17.7 Å². The zero-order chi connectivity index (χ0) is 23.8. The monoisotopic (exact) mass is 454 g/mol. The van der Waals surface area contributed by atoms with Crippen molar-refractivity contribution in [2.45, 2.75) is 6.04 Å². The highest BCUT2D eigenvalue weighted by Gasteiger charge is 2.47. The van der Waals surface area contributed by atoms with Crippen LogP contribution in [0.5, 0.6) is 17.2 Å². The Morgan fingerprint density at radius 1 is 0.941 bits per heavy atom. The normalized spacial score (nSPS) is 18.6. The average molecular weight is 454 g/mol. The van der Waals surface area contributed by atoms with Crippen LogP contribution in [0.3, 0.4) is 0 Å². The number of aromatic hydroxyl groups is 1. The van der Waals surface area contributed by atoms with E-state index >= 15 is 0 Å². The Labute approximate surface area is 194 Å². The third-order valence-corrected chi connectivity index (χ3v) is 5.74. The largest absolute Gasteiger partial charge is 0.508 e. The fourth-order valence-corrected chi connectivity index (χ4v) is 4.11. The van der Waals surface area contributed by atoms with Gasteiger partial charge in [-0.2, -0.15) is 5.26 Å². The molecule has 0 radical (unpaired) electrons. The van der Waals surface area contributed by atoms with Crippen molar-refractivity contribution >= 4 is 23.1 Å². The molecule has 2 aliphatic heterocycles. The molecule has 2 aliphatic rings. The number of aliphatic hydroxyl groups excluding tert-OH is 1. The Kier molecular flexibility index (Phi) is 5.15. The molecule has 8 nitrogen and oxygen atoms in total. The van der Waals surface area contributed by atoms with Gasteiger partial charge in [-0.15, -0.1) is 0 Å². The molecule has 0 aliphatic carbocycles. The van der Waals surface area contributed by atoms with Crippen LogP contribution in [0.15, 0.2) is 72.3 Å². The lowest BCUT2D eigenvalue weighted by Gasteiger charge is -2.25. The lowest BCUT2D eigenvalue weighted by atomic mass is 9.95. The summed E-state index contributed by atoms with van der Waals surface area (Å²) >= 11 is 0. The molecule has 2 heterocycles. The SMILES string of the molecule is N#Cc1ccc(N2C(=O)C(=O)/C(=C(\O)c3ccc4c(c3)OCCO4)C2c2ccc(O)cc2)cc1. The van der Waals surface area contributed by atoms with Crippen molar-refractivity contribution in [3.05, 3.63) is 89.0 Å². The summed E-state index contributed by atoms with van der Waals surface area (Å²) in [6.45, 7) is 0.767. The standard InChI is InChI=1S/C26H18N2O6/c27-14-15-1-6-18(7-2-15)28-23(16-3-8-19(29)9-4-16)22(25(31)26(28)32)24(30)17-5-10-20-21(13-17)34-12-11-33-20/h1-10,13,23,29-30H,11-12H2/b24-22-. The molecule has 1 unspecified atom stereocenters. The third-order valence-electron chi connectivity index (χ3n) is 5.74. The van der Waals surface area contributed by atoms with E-state index in [1.54, 1.807) is 54.6 Å². The van der Waals surface area contributed by atoms with Crippen LogP contribution in [0.2, 0.25) is 0 Å². The number of hydrogen-bond acceptors (Lipinski definition) is 7. The Bertz CT molecular complexity index is 1370. The quantitative estimate of drug-likeness (QED) is 0.352. The molecule has 2 N–H and O–H groups in total. The number of ketones is 1. The highest BCUT2D eigenvalue weighted by molar-refractivity contribution is 6.51. The minimum absolute atomic E-state index is 0.0194. The van der Waals surface area contributed by atoms with Crippen LogP contribution >= 0.6 is 0 Å². The van der Waals surface area contributed by atoms with Gasteiger partial charge in [0.1, 0.15) is 24.7 Å². The van der Waals surface area contributed by atoms with Crippen LogP contribution in [0, 0.1) is 11.3 Å². The Morgan fingerprint density at radius 3 is 2.29 bits per heavy atom. The maximum atomic E-state index is 13.2. The van der Waals surface area contributed by atoms with Crippen molar-refractivity contribution in [3.8, 4) is 23.3 Å². The summed E-state index contributed by atoms with van der Waals surface area (Å²) in [5.74, 6) is -1.05. The number of phenols is 1. The molecule has 0 spiro atoms. The summed E-state index contributed by atoms with van der Waals surface area (Å²) < 4.78 is 11.1. The van der Waals surface area contributed by atoms with Gasteiger partial charge >= 0.3 is 0 Å². The third kappa shape index (κ3) is 3.49. The first kappa shape index (κ1) is 21.1. The number of ether oxygens (including phenoxy) is 2. The molecule has 168 valence electrons. The number of hydrogen-bond donors (Lipinski definition) is 2. The summed E-state index contributed by atoms with van der Waals surface area (Å²) in [4.78, 5) is 27.6. The number of carbonyl (C=O) groups is 2. The number of nitrogens with zero attached hydrogens (tertiary/aromatic N) is 2. The number of carbonyl (C=O) groups excluding carboxylic acids is 2. The molecule has 1 saturated heterocycles. The van der Waals surface area contributed by atoms with E-state index in [9.17, 15) is 19.8 Å². The van der Waals surface area contributed by atoms with Crippen LogP contribution in [-0.2, 0) is 9.59 Å². The molecule has 8 heteroatoms. The first-order valence-electron chi connectivity index (χ1n) is 10.5. The van der Waals surface area contributed by atoms with Crippen molar-refractivity contribution in [1.82, 2.24) is 0 Å². The van der Waals surface area contributed by atoms with Gasteiger partial charge in [-0.25, -0.2) is 0 Å². The zero-order valence-corrected chi connectivity index (χ0v) is 17.8. The molecule has 0 aromatic heterocycles. The molecule has 1 amide bonds. The van der Waals surface area contributed by atoms with Gasteiger partial charge in [0, 0.05) is 11.3 Å². The van der Waals surface area contributed by atoms with Gasteiger partial charge < -0.3 is 19.7 Å². The lowest BCUT2D eigenvalue weighted by Crippen LogP contribution is -2.29. The van der Waals surface area contributed by atoms with Crippen LogP contribution in [0.25, 0.3) is 5.76 Å². The van der Waals surface area contributed by atoms with Gasteiger partial charge in [-0.1, -0.05) is 12.1 Å². The Morgan fingerprint density at radius 2 is 1.62 bits per heavy atom. The molecule has 1 fully saturated rings. The smallest absolute Gasteiger partial charge is 0.300 e. The summed E-state index contributed by atoms with van der Waals surface area (Å²) in [6.07, 6.45) is 0. The van der Waals surface area contributed by atoms with Crippen molar-refractivity contribution in [2.24, 2.45) is 0 Å². The number of phenolic OH excluding ortho intramolecular Hbond substituents is 1. The lowest BCUT2D eigenvalue weighted by molar-refractivity contribution is -0.132. The number of amides is 1. The van der Waals surface area contributed by atoms with Gasteiger partial charge in [0.15, 0.2) is 11.5 Å². The van der Waals surface area contributed by atoms with Crippen molar-refractivity contribution < 1.29 is 29.3 Å². The van der Waals surface area contributed by atoms with E-state index in [2.05, 4.69) is 0 Å². The number of Topliss-reactive ketones (excluding diaryl/α,β-unsaturated/α-hetero) is 1. The fraction of sp³-hybridized carbons (Fsp3) is 0.115. The first-order chi connectivity index (χ1) is 16.5. The second-order valence-corrected chi connectivity index (χ2v) is 7.78. The van der Waals surface area contributed by atoms with E-state index in [1.165, 1.54) is 17.0 Å². The maximum Gasteiger partial charge on any atom is 0.300 e. The van der Waals surface area contributed by atoms with E-state index in [4.69, 9.17) is 14.7 Å². The molecule has 0 bridgehead atoms. The second kappa shape index (κ2) is 8.30. The van der Waals surface area contributed by atoms with Crippen LogP contribution in [0.1, 0.15) is 22.7 Å². The molecule has 3 aromatic carbocycles. The zero-order valence-electron chi connectivity index (χ0n) is 17.8. The highest BCUT2D eigenvalue weighted by Crippen LogP contribution is 2.43.